The molecule has 0 radical (unpaired) electrons. The average Bonchev–Trinajstić information content (AvgIpc) is 2.67. The van der Waals surface area contributed by atoms with Crippen molar-refractivity contribution in [3.8, 4) is 5.69 Å². The molecule has 98 valence electrons. The summed E-state index contributed by atoms with van der Waals surface area (Å²) in [5, 5.41) is 25.7. The van der Waals surface area contributed by atoms with Crippen molar-refractivity contribution in [3.05, 3.63) is 55.3 Å². The first-order chi connectivity index (χ1) is 8.90. The van der Waals surface area contributed by atoms with Crippen molar-refractivity contribution in [1.82, 2.24) is 9.78 Å². The first-order valence-electron chi connectivity index (χ1n) is 5.05. The maximum Gasteiger partial charge on any atom is 0.301 e. The number of hydrogen-bond donors (Lipinski definition) is 0. The zero-order valence-electron chi connectivity index (χ0n) is 9.61. The van der Waals surface area contributed by atoms with Crippen LogP contribution in [-0.4, -0.2) is 19.6 Å². The highest BCUT2D eigenvalue weighted by molar-refractivity contribution is 6.29. The summed E-state index contributed by atoms with van der Waals surface area (Å²) in [5.74, 6) is 0. The van der Waals surface area contributed by atoms with E-state index in [9.17, 15) is 20.2 Å². The predicted molar refractivity (Wildman–Crippen MR) is 66.6 cm³/mol. The summed E-state index contributed by atoms with van der Waals surface area (Å²) < 4.78 is 1.27. The van der Waals surface area contributed by atoms with Crippen LogP contribution in [0.2, 0.25) is 5.15 Å². The third-order valence-electron chi connectivity index (χ3n) is 2.45. The Morgan fingerprint density at radius 2 is 1.89 bits per heavy atom. The smallest absolute Gasteiger partial charge is 0.258 e. The Morgan fingerprint density at radius 3 is 2.37 bits per heavy atom. The molecule has 0 aliphatic heterocycles. The van der Waals surface area contributed by atoms with Crippen molar-refractivity contribution in [2.24, 2.45) is 0 Å². The van der Waals surface area contributed by atoms with E-state index in [1.54, 1.807) is 6.92 Å². The van der Waals surface area contributed by atoms with Gasteiger partial charge in [-0.05, 0) is 19.1 Å². The van der Waals surface area contributed by atoms with Gasteiger partial charge in [0.15, 0.2) is 5.15 Å². The molecule has 1 aromatic heterocycles. The highest BCUT2D eigenvalue weighted by atomic mass is 35.5. The van der Waals surface area contributed by atoms with Gasteiger partial charge in [0.2, 0.25) is 0 Å². The Bertz CT molecular complexity index is 682. The Balaban J connectivity index is 2.66. The lowest BCUT2D eigenvalue weighted by atomic mass is 10.2. The van der Waals surface area contributed by atoms with E-state index in [4.69, 9.17) is 11.6 Å². The zero-order chi connectivity index (χ0) is 14.2. The molecule has 2 aromatic rings. The number of non-ortho nitro benzene ring substituents is 1. The molecule has 1 heterocycles. The molecule has 0 aliphatic carbocycles. The lowest BCUT2D eigenvalue weighted by Crippen LogP contribution is -2.04. The topological polar surface area (TPSA) is 104 Å². The molecular formula is C10H7ClN4O4. The van der Waals surface area contributed by atoms with Crippen molar-refractivity contribution in [3.63, 3.8) is 0 Å². The van der Waals surface area contributed by atoms with Crippen LogP contribution in [-0.2, 0) is 0 Å². The van der Waals surface area contributed by atoms with Gasteiger partial charge in [-0.1, -0.05) is 11.6 Å². The van der Waals surface area contributed by atoms with Gasteiger partial charge in [0.05, 0.1) is 15.9 Å². The second-order valence-electron chi connectivity index (χ2n) is 3.71. The van der Waals surface area contributed by atoms with E-state index in [2.05, 4.69) is 5.10 Å². The molecule has 0 spiro atoms. The van der Waals surface area contributed by atoms with Gasteiger partial charge < -0.3 is 0 Å². The van der Waals surface area contributed by atoms with Gasteiger partial charge in [-0.2, -0.15) is 5.10 Å². The van der Waals surface area contributed by atoms with Crippen LogP contribution < -0.4 is 0 Å². The number of nitro benzene ring substituents is 2. The van der Waals surface area contributed by atoms with Crippen LogP contribution in [0.5, 0.6) is 0 Å². The quantitative estimate of drug-likeness (QED) is 0.635. The SMILES string of the molecule is Cc1cc(Cl)nn1-c1ccc([N+](=O)[O-])cc1[N+](=O)[O-]. The van der Waals surface area contributed by atoms with Crippen molar-refractivity contribution in [2.75, 3.05) is 0 Å². The maximum absolute atomic E-state index is 11.0. The van der Waals surface area contributed by atoms with E-state index in [-0.39, 0.29) is 16.5 Å². The summed E-state index contributed by atoms with van der Waals surface area (Å²) in [6.45, 7) is 1.67. The second kappa shape index (κ2) is 4.65. The lowest BCUT2D eigenvalue weighted by Gasteiger charge is -2.04. The maximum atomic E-state index is 11.0. The molecular weight excluding hydrogens is 276 g/mol. The molecule has 8 nitrogen and oxygen atoms in total. The van der Waals surface area contributed by atoms with E-state index in [1.165, 1.54) is 22.9 Å². The van der Waals surface area contributed by atoms with Gasteiger partial charge in [-0.3, -0.25) is 20.2 Å². The monoisotopic (exact) mass is 282 g/mol. The Morgan fingerprint density at radius 1 is 1.21 bits per heavy atom. The summed E-state index contributed by atoms with van der Waals surface area (Å²) in [7, 11) is 0. The van der Waals surface area contributed by atoms with Gasteiger partial charge in [0.25, 0.3) is 5.69 Å². The first kappa shape index (κ1) is 13.0. The minimum absolute atomic E-state index is 0.125. The number of halogens is 1. The highest BCUT2D eigenvalue weighted by Gasteiger charge is 2.22. The zero-order valence-corrected chi connectivity index (χ0v) is 10.4. The molecule has 0 atom stereocenters. The predicted octanol–water partition coefficient (Wildman–Crippen LogP) is 2.65. The lowest BCUT2D eigenvalue weighted by molar-refractivity contribution is -0.394. The summed E-state index contributed by atoms with van der Waals surface area (Å²) in [6.07, 6.45) is 0. The van der Waals surface area contributed by atoms with Crippen molar-refractivity contribution < 1.29 is 9.85 Å². The number of rotatable bonds is 3. The average molecular weight is 283 g/mol. The Kier molecular flexibility index (Phi) is 3.17. The van der Waals surface area contributed by atoms with Crippen molar-refractivity contribution in [2.45, 2.75) is 6.92 Å². The summed E-state index contributed by atoms with van der Waals surface area (Å²) in [6, 6.07) is 4.88. The molecule has 0 N–H and O–H groups in total. The van der Waals surface area contributed by atoms with Gasteiger partial charge in [0, 0.05) is 11.8 Å². The third kappa shape index (κ3) is 2.38. The van der Waals surface area contributed by atoms with Crippen LogP contribution in [0.3, 0.4) is 0 Å². The van der Waals surface area contributed by atoms with E-state index in [0.29, 0.717) is 5.69 Å². The number of nitrogens with zero attached hydrogens (tertiary/aromatic N) is 4. The molecule has 0 saturated heterocycles. The van der Waals surface area contributed by atoms with Crippen LogP contribution in [0.1, 0.15) is 5.69 Å². The molecule has 2 rings (SSSR count). The molecule has 1 aromatic carbocycles. The summed E-state index contributed by atoms with van der Waals surface area (Å²) in [4.78, 5) is 20.2. The molecule has 0 amide bonds. The first-order valence-corrected chi connectivity index (χ1v) is 5.43. The van der Waals surface area contributed by atoms with Crippen LogP contribution in [0, 0.1) is 27.2 Å². The van der Waals surface area contributed by atoms with E-state index >= 15 is 0 Å². The van der Waals surface area contributed by atoms with Gasteiger partial charge in [-0.15, -0.1) is 0 Å². The third-order valence-corrected chi connectivity index (χ3v) is 2.64. The number of hydrogen-bond acceptors (Lipinski definition) is 5. The number of benzene rings is 1. The fourth-order valence-corrected chi connectivity index (χ4v) is 1.86. The number of aromatic nitrogens is 2. The molecule has 0 fully saturated rings. The van der Waals surface area contributed by atoms with E-state index in [0.717, 1.165) is 6.07 Å². The molecule has 0 unspecified atom stereocenters. The van der Waals surface area contributed by atoms with Crippen molar-refractivity contribution in [1.29, 1.82) is 0 Å². The fraction of sp³-hybridized carbons (Fsp3) is 0.100. The number of aryl methyl sites for hydroxylation is 1. The van der Waals surface area contributed by atoms with Crippen LogP contribution in [0.25, 0.3) is 5.69 Å². The summed E-state index contributed by atoms with van der Waals surface area (Å²) >= 11 is 5.72. The fourth-order valence-electron chi connectivity index (χ4n) is 1.63. The Labute approximate surface area is 111 Å². The highest BCUT2D eigenvalue weighted by Crippen LogP contribution is 2.28. The minimum atomic E-state index is -0.697. The molecule has 19 heavy (non-hydrogen) atoms. The van der Waals surface area contributed by atoms with Crippen LogP contribution >= 0.6 is 11.6 Å². The van der Waals surface area contributed by atoms with Crippen molar-refractivity contribution >= 4 is 23.0 Å². The van der Waals surface area contributed by atoms with Gasteiger partial charge in [-0.25, -0.2) is 4.68 Å². The van der Waals surface area contributed by atoms with Crippen LogP contribution in [0.4, 0.5) is 11.4 Å². The molecule has 0 saturated carbocycles. The standard InChI is InChI=1S/C10H7ClN4O4/c1-6-4-10(11)12-13(6)8-3-2-7(14(16)17)5-9(8)15(18)19/h2-5H,1H3. The van der Waals surface area contributed by atoms with E-state index in [1.807, 2.05) is 0 Å². The van der Waals surface area contributed by atoms with Crippen LogP contribution in [0.15, 0.2) is 24.3 Å². The van der Waals surface area contributed by atoms with Gasteiger partial charge >= 0.3 is 5.69 Å². The summed E-state index contributed by atoms with van der Waals surface area (Å²) in [5.41, 5.74) is -0.0506. The minimum Gasteiger partial charge on any atom is -0.258 e. The van der Waals surface area contributed by atoms with Gasteiger partial charge in [0.1, 0.15) is 5.69 Å². The molecule has 9 heteroatoms. The second-order valence-corrected chi connectivity index (χ2v) is 4.09. The van der Waals surface area contributed by atoms with E-state index < -0.39 is 15.5 Å². The molecule has 0 bridgehead atoms. The largest absolute Gasteiger partial charge is 0.301 e. The number of nitro groups is 2. The Hall–Kier alpha value is -2.48. The normalized spacial score (nSPS) is 10.4. The molecule has 0 aliphatic rings.